The standard InChI is InChI=1S/C17H27N3O2/c1-2-20(16-9-6-11-19(13-16)12-10-18)17(21)22-14-15-7-4-3-5-8-15/h3-5,7-8,16H,2,6,9-14,18H2,1H3. The second-order valence-electron chi connectivity index (χ2n) is 5.71. The summed E-state index contributed by atoms with van der Waals surface area (Å²) in [5.74, 6) is 0. The van der Waals surface area contributed by atoms with Gasteiger partial charge in [0.25, 0.3) is 0 Å². The van der Waals surface area contributed by atoms with E-state index in [-0.39, 0.29) is 12.1 Å². The molecule has 1 aliphatic heterocycles. The van der Waals surface area contributed by atoms with Gasteiger partial charge in [0.05, 0.1) is 0 Å². The van der Waals surface area contributed by atoms with Crippen molar-refractivity contribution in [3.05, 3.63) is 35.9 Å². The number of piperidine rings is 1. The predicted molar refractivity (Wildman–Crippen MR) is 87.5 cm³/mol. The Morgan fingerprint density at radius 1 is 1.41 bits per heavy atom. The first-order valence-corrected chi connectivity index (χ1v) is 8.14. The number of hydrogen-bond donors (Lipinski definition) is 1. The van der Waals surface area contributed by atoms with Crippen LogP contribution in [-0.4, -0.2) is 54.7 Å². The number of rotatable bonds is 6. The molecule has 1 aliphatic rings. The second-order valence-corrected chi connectivity index (χ2v) is 5.71. The van der Waals surface area contributed by atoms with E-state index in [9.17, 15) is 4.79 Å². The number of nitrogens with two attached hydrogens (primary N) is 1. The number of carbonyl (C=O) groups excluding carboxylic acids is 1. The molecule has 0 aromatic heterocycles. The van der Waals surface area contributed by atoms with Crippen molar-refractivity contribution in [2.24, 2.45) is 5.73 Å². The number of amides is 1. The van der Waals surface area contributed by atoms with Gasteiger partial charge >= 0.3 is 6.09 Å². The number of ether oxygens (including phenoxy) is 1. The van der Waals surface area contributed by atoms with E-state index in [1.54, 1.807) is 0 Å². The van der Waals surface area contributed by atoms with E-state index in [4.69, 9.17) is 10.5 Å². The largest absolute Gasteiger partial charge is 0.445 e. The highest BCUT2D eigenvalue weighted by molar-refractivity contribution is 5.68. The summed E-state index contributed by atoms with van der Waals surface area (Å²) in [6, 6.07) is 10.0. The third-order valence-electron chi connectivity index (χ3n) is 4.15. The van der Waals surface area contributed by atoms with Crippen molar-refractivity contribution in [3.63, 3.8) is 0 Å². The van der Waals surface area contributed by atoms with E-state index >= 15 is 0 Å². The predicted octanol–water partition coefficient (Wildman–Crippen LogP) is 2.07. The summed E-state index contributed by atoms with van der Waals surface area (Å²) >= 11 is 0. The maximum absolute atomic E-state index is 12.4. The van der Waals surface area contributed by atoms with Gasteiger partial charge in [-0.2, -0.15) is 0 Å². The van der Waals surface area contributed by atoms with Gasteiger partial charge in [-0.15, -0.1) is 0 Å². The quantitative estimate of drug-likeness (QED) is 0.874. The molecule has 1 amide bonds. The summed E-state index contributed by atoms with van der Waals surface area (Å²) in [6.07, 6.45) is 1.92. The molecular weight excluding hydrogens is 278 g/mol. The summed E-state index contributed by atoms with van der Waals surface area (Å²) < 4.78 is 5.47. The monoisotopic (exact) mass is 305 g/mol. The molecule has 0 saturated carbocycles. The van der Waals surface area contributed by atoms with Crippen molar-refractivity contribution in [2.75, 3.05) is 32.7 Å². The molecule has 0 bridgehead atoms. The highest BCUT2D eigenvalue weighted by Gasteiger charge is 2.28. The third kappa shape index (κ3) is 4.71. The molecule has 5 nitrogen and oxygen atoms in total. The summed E-state index contributed by atoms with van der Waals surface area (Å²) in [5.41, 5.74) is 6.65. The molecule has 2 N–H and O–H groups in total. The van der Waals surface area contributed by atoms with Crippen LogP contribution in [0.4, 0.5) is 4.79 Å². The Morgan fingerprint density at radius 3 is 2.86 bits per heavy atom. The molecule has 2 rings (SSSR count). The van der Waals surface area contributed by atoms with Gasteiger partial charge in [0.2, 0.25) is 0 Å². The molecule has 1 aromatic rings. The van der Waals surface area contributed by atoms with E-state index in [1.807, 2.05) is 42.2 Å². The third-order valence-corrected chi connectivity index (χ3v) is 4.15. The van der Waals surface area contributed by atoms with Crippen molar-refractivity contribution in [3.8, 4) is 0 Å². The molecule has 1 heterocycles. The van der Waals surface area contributed by atoms with E-state index in [0.29, 0.717) is 19.7 Å². The number of carbonyl (C=O) groups is 1. The highest BCUT2D eigenvalue weighted by Crippen LogP contribution is 2.17. The van der Waals surface area contributed by atoms with Crippen LogP contribution in [0, 0.1) is 0 Å². The summed E-state index contributed by atoms with van der Waals surface area (Å²) in [4.78, 5) is 16.6. The highest BCUT2D eigenvalue weighted by atomic mass is 16.6. The molecule has 122 valence electrons. The molecule has 1 saturated heterocycles. The van der Waals surface area contributed by atoms with Gasteiger partial charge in [-0.05, 0) is 31.9 Å². The Bertz CT molecular complexity index is 450. The molecule has 0 aliphatic carbocycles. The average Bonchev–Trinajstić information content (AvgIpc) is 2.55. The van der Waals surface area contributed by atoms with Gasteiger partial charge in [-0.25, -0.2) is 4.79 Å². The van der Waals surface area contributed by atoms with E-state index in [0.717, 1.165) is 38.0 Å². The lowest BCUT2D eigenvalue weighted by molar-refractivity contribution is 0.0592. The van der Waals surface area contributed by atoms with Crippen LogP contribution in [0.25, 0.3) is 0 Å². The zero-order chi connectivity index (χ0) is 15.8. The van der Waals surface area contributed by atoms with Crippen LogP contribution in [0.5, 0.6) is 0 Å². The van der Waals surface area contributed by atoms with Gasteiger partial charge in [-0.1, -0.05) is 30.3 Å². The van der Waals surface area contributed by atoms with Gasteiger partial charge in [0, 0.05) is 32.2 Å². The first kappa shape index (κ1) is 16.8. The first-order chi connectivity index (χ1) is 10.7. The lowest BCUT2D eigenvalue weighted by Crippen LogP contribution is -2.51. The van der Waals surface area contributed by atoms with Crippen molar-refractivity contribution >= 4 is 6.09 Å². The second kappa shape index (κ2) is 8.76. The molecule has 22 heavy (non-hydrogen) atoms. The minimum Gasteiger partial charge on any atom is -0.445 e. The van der Waals surface area contributed by atoms with E-state index < -0.39 is 0 Å². The fourth-order valence-electron chi connectivity index (χ4n) is 3.01. The number of likely N-dealkylation sites (tertiary alicyclic amines) is 1. The van der Waals surface area contributed by atoms with Crippen molar-refractivity contribution in [1.82, 2.24) is 9.80 Å². The van der Waals surface area contributed by atoms with Gasteiger partial charge in [-0.3, -0.25) is 0 Å². The number of benzene rings is 1. The zero-order valence-corrected chi connectivity index (χ0v) is 13.4. The smallest absolute Gasteiger partial charge is 0.410 e. The molecule has 1 unspecified atom stereocenters. The SMILES string of the molecule is CCN(C(=O)OCc1ccccc1)C1CCCN(CCN)C1. The zero-order valence-electron chi connectivity index (χ0n) is 13.4. The number of hydrogen-bond acceptors (Lipinski definition) is 4. The first-order valence-electron chi connectivity index (χ1n) is 8.14. The summed E-state index contributed by atoms with van der Waals surface area (Å²) in [7, 11) is 0. The Balaban J connectivity index is 1.88. The molecule has 1 atom stereocenters. The van der Waals surface area contributed by atoms with Crippen LogP contribution in [0.3, 0.4) is 0 Å². The van der Waals surface area contributed by atoms with E-state index in [2.05, 4.69) is 4.90 Å². The molecular formula is C17H27N3O2. The summed E-state index contributed by atoms with van der Waals surface area (Å²) in [6.45, 7) is 6.54. The molecule has 5 heteroatoms. The fraction of sp³-hybridized carbons (Fsp3) is 0.588. The van der Waals surface area contributed by atoms with Crippen LogP contribution in [-0.2, 0) is 11.3 Å². The van der Waals surface area contributed by atoms with Crippen LogP contribution >= 0.6 is 0 Å². The molecule has 0 spiro atoms. The Kier molecular flexibility index (Phi) is 6.68. The average molecular weight is 305 g/mol. The number of likely N-dealkylation sites (N-methyl/N-ethyl adjacent to an activating group) is 1. The van der Waals surface area contributed by atoms with Gasteiger partial charge < -0.3 is 20.3 Å². The minimum atomic E-state index is -0.217. The van der Waals surface area contributed by atoms with Gasteiger partial charge in [0.15, 0.2) is 0 Å². The summed E-state index contributed by atoms with van der Waals surface area (Å²) in [5, 5.41) is 0. The lowest BCUT2D eigenvalue weighted by atomic mass is 10.0. The van der Waals surface area contributed by atoms with Crippen molar-refractivity contribution in [2.45, 2.75) is 32.4 Å². The maximum Gasteiger partial charge on any atom is 0.410 e. The molecule has 1 fully saturated rings. The lowest BCUT2D eigenvalue weighted by Gasteiger charge is -2.38. The van der Waals surface area contributed by atoms with Gasteiger partial charge in [0.1, 0.15) is 6.61 Å². The Morgan fingerprint density at radius 2 is 2.18 bits per heavy atom. The molecule has 0 radical (unpaired) electrons. The Labute approximate surface area is 133 Å². The fourth-order valence-corrected chi connectivity index (χ4v) is 3.01. The normalized spacial score (nSPS) is 18.9. The van der Waals surface area contributed by atoms with Crippen LogP contribution < -0.4 is 5.73 Å². The maximum atomic E-state index is 12.4. The van der Waals surface area contributed by atoms with Crippen LogP contribution in [0.1, 0.15) is 25.3 Å². The van der Waals surface area contributed by atoms with Crippen LogP contribution in [0.15, 0.2) is 30.3 Å². The Hall–Kier alpha value is -1.59. The van der Waals surface area contributed by atoms with Crippen LogP contribution in [0.2, 0.25) is 0 Å². The molecule has 1 aromatic carbocycles. The van der Waals surface area contributed by atoms with Crippen molar-refractivity contribution < 1.29 is 9.53 Å². The van der Waals surface area contributed by atoms with E-state index in [1.165, 1.54) is 0 Å². The number of nitrogens with zero attached hydrogens (tertiary/aromatic N) is 2. The van der Waals surface area contributed by atoms with Crippen molar-refractivity contribution in [1.29, 1.82) is 0 Å². The minimum absolute atomic E-state index is 0.217. The topological polar surface area (TPSA) is 58.8 Å².